The van der Waals surface area contributed by atoms with Gasteiger partial charge in [-0.3, -0.25) is 14.2 Å². The fourth-order valence-corrected chi connectivity index (χ4v) is 3.86. The van der Waals surface area contributed by atoms with Crippen molar-refractivity contribution in [1.82, 2.24) is 4.57 Å². The quantitative estimate of drug-likeness (QED) is 0.673. The maximum Gasteiger partial charge on any atom is 0.311 e. The molecule has 0 saturated heterocycles. The highest BCUT2D eigenvalue weighted by atomic mass is 19.1. The van der Waals surface area contributed by atoms with E-state index in [1.165, 1.54) is 23.8 Å². The fourth-order valence-electron chi connectivity index (χ4n) is 3.86. The lowest BCUT2D eigenvalue weighted by Crippen LogP contribution is -2.27. The van der Waals surface area contributed by atoms with Crippen molar-refractivity contribution in [1.29, 1.82) is 0 Å². The van der Waals surface area contributed by atoms with Crippen molar-refractivity contribution in [3.05, 3.63) is 65.1 Å². The van der Waals surface area contributed by atoms with E-state index in [9.17, 15) is 19.1 Å². The lowest BCUT2D eigenvalue weighted by Gasteiger charge is -2.28. The van der Waals surface area contributed by atoms with Crippen LogP contribution in [-0.4, -0.2) is 28.7 Å². The van der Waals surface area contributed by atoms with E-state index >= 15 is 0 Å². The zero-order valence-corrected chi connectivity index (χ0v) is 17.1. The van der Waals surface area contributed by atoms with Crippen LogP contribution >= 0.6 is 0 Å². The Morgan fingerprint density at radius 1 is 1.14 bits per heavy atom. The minimum Gasteiger partial charge on any atom is -0.494 e. The van der Waals surface area contributed by atoms with Gasteiger partial charge in [-0.05, 0) is 36.1 Å². The smallest absolute Gasteiger partial charge is 0.311 e. The molecular weight excluding hydrogens is 373 g/mol. The summed E-state index contributed by atoms with van der Waals surface area (Å²) in [6, 6.07) is 11.3. The Hall–Kier alpha value is -3.15. The molecule has 152 valence electrons. The minimum atomic E-state index is -1.00. The molecule has 1 N–H and O–H groups in total. The van der Waals surface area contributed by atoms with Gasteiger partial charge in [-0.2, -0.15) is 0 Å². The Balaban J connectivity index is 2.42. The largest absolute Gasteiger partial charge is 0.494 e. The second kappa shape index (κ2) is 7.35. The van der Waals surface area contributed by atoms with Crippen LogP contribution in [0.5, 0.6) is 5.75 Å². The molecule has 3 aromatic rings. The molecule has 0 spiro atoms. The van der Waals surface area contributed by atoms with E-state index in [-0.39, 0.29) is 11.7 Å². The molecule has 3 rings (SSSR count). The molecule has 29 heavy (non-hydrogen) atoms. The average molecular weight is 397 g/mol. The Labute approximate surface area is 168 Å². The highest BCUT2D eigenvalue weighted by Gasteiger charge is 2.38. The molecule has 0 radical (unpaired) electrons. The summed E-state index contributed by atoms with van der Waals surface area (Å²) in [5.41, 5.74) is 1.08. The molecule has 0 fully saturated rings. The zero-order chi connectivity index (χ0) is 21.5. The van der Waals surface area contributed by atoms with Crippen LogP contribution in [0.4, 0.5) is 4.39 Å². The third-order valence-corrected chi connectivity index (χ3v) is 5.15. The summed E-state index contributed by atoms with van der Waals surface area (Å²) in [4.78, 5) is 25.5. The number of methoxy groups -OCH3 is 1. The highest BCUT2D eigenvalue weighted by molar-refractivity contribution is 6.05. The average Bonchev–Trinajstić information content (AvgIpc) is 2.91. The Bertz CT molecular complexity index is 1090. The second-order valence-electron chi connectivity index (χ2n) is 8.15. The normalized spacial score (nSPS) is 12.8. The number of carbonyl (C=O) groups is 2. The van der Waals surface area contributed by atoms with Gasteiger partial charge in [0.05, 0.1) is 18.5 Å². The number of aliphatic carboxylic acids is 1. The first kappa shape index (κ1) is 20.6. The molecule has 6 heteroatoms. The molecule has 0 aliphatic rings. The van der Waals surface area contributed by atoms with Gasteiger partial charge in [-0.25, -0.2) is 4.39 Å². The van der Waals surface area contributed by atoms with Crippen molar-refractivity contribution in [2.24, 2.45) is 5.41 Å². The topological polar surface area (TPSA) is 68.5 Å². The van der Waals surface area contributed by atoms with E-state index in [1.807, 2.05) is 20.8 Å². The van der Waals surface area contributed by atoms with Crippen molar-refractivity contribution in [3.8, 4) is 5.75 Å². The van der Waals surface area contributed by atoms with Crippen LogP contribution in [0.1, 0.15) is 48.3 Å². The standard InChI is InChI=1S/C23H24FNO4/c1-13-19(20(22(27)28)23(2,3)4)15-11-18(29-5)16(24)12-17(15)25(13)21(26)14-9-7-6-8-10-14/h6-12,20H,1-5H3,(H,27,28). The van der Waals surface area contributed by atoms with Gasteiger partial charge < -0.3 is 9.84 Å². The van der Waals surface area contributed by atoms with E-state index < -0.39 is 23.1 Å². The van der Waals surface area contributed by atoms with Crippen LogP contribution in [0.15, 0.2) is 42.5 Å². The predicted molar refractivity (Wildman–Crippen MR) is 109 cm³/mol. The molecule has 1 atom stereocenters. The molecular formula is C23H24FNO4. The number of carboxylic acid groups (broad SMARTS) is 1. The van der Waals surface area contributed by atoms with Gasteiger partial charge in [0.1, 0.15) is 0 Å². The van der Waals surface area contributed by atoms with Gasteiger partial charge >= 0.3 is 5.97 Å². The van der Waals surface area contributed by atoms with E-state index in [0.717, 1.165) is 0 Å². The molecule has 0 aliphatic heterocycles. The molecule has 1 unspecified atom stereocenters. The van der Waals surface area contributed by atoms with Crippen molar-refractivity contribution in [2.45, 2.75) is 33.6 Å². The number of aromatic nitrogens is 1. The summed E-state index contributed by atoms with van der Waals surface area (Å²) in [7, 11) is 1.35. The number of rotatable bonds is 4. The SMILES string of the molecule is COc1cc2c(C(C(=O)O)C(C)(C)C)c(C)n(C(=O)c3ccccc3)c2cc1F. The first-order valence-electron chi connectivity index (χ1n) is 9.29. The lowest BCUT2D eigenvalue weighted by atomic mass is 9.75. The molecule has 1 heterocycles. The Kier molecular flexibility index (Phi) is 5.22. The van der Waals surface area contributed by atoms with Gasteiger partial charge in [0.2, 0.25) is 0 Å². The van der Waals surface area contributed by atoms with Crippen molar-refractivity contribution in [2.75, 3.05) is 7.11 Å². The number of nitrogens with zero attached hydrogens (tertiary/aromatic N) is 1. The van der Waals surface area contributed by atoms with Gasteiger partial charge in [0.15, 0.2) is 11.6 Å². The van der Waals surface area contributed by atoms with Crippen LogP contribution in [0.3, 0.4) is 0 Å². The summed E-state index contributed by atoms with van der Waals surface area (Å²) in [6.07, 6.45) is 0. The maximum absolute atomic E-state index is 14.5. The van der Waals surface area contributed by atoms with Crippen LogP contribution in [-0.2, 0) is 4.79 Å². The first-order chi connectivity index (χ1) is 13.6. The number of carbonyl (C=O) groups excluding carboxylic acids is 1. The number of ether oxygens (including phenoxy) is 1. The highest BCUT2D eigenvalue weighted by Crippen LogP contribution is 2.43. The molecule has 0 bridgehead atoms. The van der Waals surface area contributed by atoms with E-state index in [0.29, 0.717) is 27.7 Å². The summed E-state index contributed by atoms with van der Waals surface area (Å²) >= 11 is 0. The molecule has 1 aromatic heterocycles. The van der Waals surface area contributed by atoms with Gasteiger partial charge in [0.25, 0.3) is 5.91 Å². The van der Waals surface area contributed by atoms with Crippen molar-refractivity contribution in [3.63, 3.8) is 0 Å². The third kappa shape index (κ3) is 3.50. The molecule has 0 aliphatic carbocycles. The zero-order valence-electron chi connectivity index (χ0n) is 17.1. The first-order valence-corrected chi connectivity index (χ1v) is 9.29. The van der Waals surface area contributed by atoms with Crippen molar-refractivity contribution < 1.29 is 23.8 Å². The summed E-state index contributed by atoms with van der Waals surface area (Å²) in [6.45, 7) is 7.18. The Morgan fingerprint density at radius 3 is 2.28 bits per heavy atom. The number of carboxylic acids is 1. The Morgan fingerprint density at radius 2 is 1.76 bits per heavy atom. The monoisotopic (exact) mass is 397 g/mol. The lowest BCUT2D eigenvalue weighted by molar-refractivity contribution is -0.141. The van der Waals surface area contributed by atoms with Gasteiger partial charge in [-0.15, -0.1) is 0 Å². The summed E-state index contributed by atoms with van der Waals surface area (Å²) < 4.78 is 21.0. The number of hydrogen-bond acceptors (Lipinski definition) is 3. The molecule has 5 nitrogen and oxygen atoms in total. The predicted octanol–water partition coefficient (Wildman–Crippen LogP) is 5.00. The van der Waals surface area contributed by atoms with Crippen LogP contribution < -0.4 is 4.74 Å². The van der Waals surface area contributed by atoms with Gasteiger partial charge in [0, 0.05) is 22.7 Å². The number of hydrogen-bond donors (Lipinski definition) is 1. The minimum absolute atomic E-state index is 0.00103. The second-order valence-corrected chi connectivity index (χ2v) is 8.15. The third-order valence-electron chi connectivity index (χ3n) is 5.15. The molecule has 2 aromatic carbocycles. The van der Waals surface area contributed by atoms with E-state index in [2.05, 4.69) is 0 Å². The van der Waals surface area contributed by atoms with Crippen molar-refractivity contribution >= 4 is 22.8 Å². The summed E-state index contributed by atoms with van der Waals surface area (Å²) in [5.74, 6) is -2.86. The molecule has 0 amide bonds. The van der Waals surface area contributed by atoms with Gasteiger partial charge in [-0.1, -0.05) is 39.0 Å². The number of fused-ring (bicyclic) bond motifs is 1. The van der Waals surface area contributed by atoms with Crippen LogP contribution in [0.2, 0.25) is 0 Å². The summed E-state index contributed by atoms with van der Waals surface area (Å²) in [5, 5.41) is 10.5. The van der Waals surface area contributed by atoms with E-state index in [1.54, 1.807) is 37.3 Å². The fraction of sp³-hybridized carbons (Fsp3) is 0.304. The van der Waals surface area contributed by atoms with Crippen LogP contribution in [0.25, 0.3) is 10.9 Å². The number of halogens is 1. The maximum atomic E-state index is 14.5. The number of benzene rings is 2. The van der Waals surface area contributed by atoms with E-state index in [4.69, 9.17) is 4.74 Å². The van der Waals surface area contributed by atoms with Crippen LogP contribution in [0, 0.1) is 18.2 Å². The molecule has 0 saturated carbocycles.